The number of hydrogen-bond donors (Lipinski definition) is 2. The molecule has 1 saturated heterocycles. The molecule has 0 radical (unpaired) electrons. The number of carbonyl (C=O) groups is 1. The Hall–Kier alpha value is -1.66. The van der Waals surface area contributed by atoms with Crippen molar-refractivity contribution in [3.05, 3.63) is 29.6 Å². The predicted molar refractivity (Wildman–Crippen MR) is 75.0 cm³/mol. The van der Waals surface area contributed by atoms with E-state index in [4.69, 9.17) is 10.5 Å². The third-order valence-corrected chi connectivity index (χ3v) is 3.27. The van der Waals surface area contributed by atoms with Gasteiger partial charge in [-0.2, -0.15) is 0 Å². The molecule has 1 amide bonds. The summed E-state index contributed by atoms with van der Waals surface area (Å²) >= 11 is 0. The van der Waals surface area contributed by atoms with Crippen LogP contribution in [0.5, 0.6) is 0 Å². The molecule has 1 aliphatic heterocycles. The molecule has 110 valence electrons. The van der Waals surface area contributed by atoms with E-state index in [0.717, 1.165) is 32.8 Å². The van der Waals surface area contributed by atoms with Crippen molar-refractivity contribution in [3.8, 4) is 0 Å². The summed E-state index contributed by atoms with van der Waals surface area (Å²) < 4.78 is 18.3. The van der Waals surface area contributed by atoms with Crippen molar-refractivity contribution in [1.82, 2.24) is 10.2 Å². The summed E-state index contributed by atoms with van der Waals surface area (Å²) in [5.41, 5.74) is 5.82. The molecule has 1 aliphatic rings. The average Bonchev–Trinajstić information content (AvgIpc) is 2.42. The Morgan fingerprint density at radius 1 is 1.50 bits per heavy atom. The van der Waals surface area contributed by atoms with E-state index in [9.17, 15) is 9.18 Å². The van der Waals surface area contributed by atoms with Gasteiger partial charge in [0.25, 0.3) is 5.91 Å². The first-order valence-electron chi connectivity index (χ1n) is 6.72. The molecule has 3 N–H and O–H groups in total. The summed E-state index contributed by atoms with van der Waals surface area (Å²) in [6.07, 6.45) is 0. The number of nitrogens with one attached hydrogen (secondary N) is 1. The van der Waals surface area contributed by atoms with Crippen molar-refractivity contribution in [3.63, 3.8) is 0 Å². The van der Waals surface area contributed by atoms with E-state index in [2.05, 4.69) is 10.2 Å². The Kier molecular flexibility index (Phi) is 4.92. The Bertz CT molecular complexity index is 475. The van der Waals surface area contributed by atoms with Crippen LogP contribution in [0.3, 0.4) is 0 Å². The second-order valence-corrected chi connectivity index (χ2v) is 5.02. The lowest BCUT2D eigenvalue weighted by Crippen LogP contribution is -2.46. The zero-order chi connectivity index (χ0) is 14.5. The fraction of sp³-hybridized carbons (Fsp3) is 0.500. The summed E-state index contributed by atoms with van der Waals surface area (Å²) in [4.78, 5) is 14.3. The Balaban J connectivity index is 1.87. The fourth-order valence-electron chi connectivity index (χ4n) is 2.21. The molecule has 1 aromatic carbocycles. The van der Waals surface area contributed by atoms with Crippen LogP contribution in [0.25, 0.3) is 0 Å². The zero-order valence-corrected chi connectivity index (χ0v) is 11.6. The van der Waals surface area contributed by atoms with Gasteiger partial charge in [0, 0.05) is 31.2 Å². The molecule has 20 heavy (non-hydrogen) atoms. The third-order valence-electron chi connectivity index (χ3n) is 3.27. The lowest BCUT2D eigenvalue weighted by Gasteiger charge is -2.29. The third kappa shape index (κ3) is 3.91. The van der Waals surface area contributed by atoms with Crippen LogP contribution < -0.4 is 11.1 Å². The van der Waals surface area contributed by atoms with Crippen LogP contribution in [0.1, 0.15) is 17.3 Å². The summed E-state index contributed by atoms with van der Waals surface area (Å²) in [7, 11) is 0. The smallest absolute Gasteiger partial charge is 0.251 e. The van der Waals surface area contributed by atoms with E-state index in [1.54, 1.807) is 0 Å². The number of nitrogens with two attached hydrogens (primary N) is 1. The first-order chi connectivity index (χ1) is 9.56. The Morgan fingerprint density at radius 2 is 2.20 bits per heavy atom. The number of benzene rings is 1. The van der Waals surface area contributed by atoms with Gasteiger partial charge in [0.05, 0.1) is 18.9 Å². The van der Waals surface area contributed by atoms with Crippen LogP contribution >= 0.6 is 0 Å². The summed E-state index contributed by atoms with van der Waals surface area (Å²) in [6.45, 7) is 5.93. The minimum absolute atomic E-state index is 0.00637. The highest BCUT2D eigenvalue weighted by molar-refractivity contribution is 5.95. The van der Waals surface area contributed by atoms with Gasteiger partial charge < -0.3 is 15.8 Å². The van der Waals surface area contributed by atoms with Crippen molar-refractivity contribution in [2.45, 2.75) is 13.0 Å². The number of ether oxygens (including phenoxy) is 1. The maximum atomic E-state index is 13.1. The number of amides is 1. The van der Waals surface area contributed by atoms with Gasteiger partial charge >= 0.3 is 0 Å². The number of halogens is 1. The molecule has 1 atom stereocenters. The highest BCUT2D eigenvalue weighted by Crippen LogP contribution is 2.12. The van der Waals surface area contributed by atoms with E-state index in [1.807, 2.05) is 6.92 Å². The van der Waals surface area contributed by atoms with Crippen molar-refractivity contribution in [1.29, 1.82) is 0 Å². The topological polar surface area (TPSA) is 67.6 Å². The molecule has 1 unspecified atom stereocenters. The van der Waals surface area contributed by atoms with E-state index in [1.165, 1.54) is 18.2 Å². The largest absolute Gasteiger partial charge is 0.396 e. The molecule has 0 bridgehead atoms. The first-order valence-corrected chi connectivity index (χ1v) is 6.72. The second-order valence-electron chi connectivity index (χ2n) is 5.02. The van der Waals surface area contributed by atoms with E-state index in [0.29, 0.717) is 5.56 Å². The SMILES string of the molecule is CC(CN1CCOCC1)NC(=O)c1ccc(F)c(N)c1. The van der Waals surface area contributed by atoms with Crippen LogP contribution in [0.2, 0.25) is 0 Å². The van der Waals surface area contributed by atoms with Gasteiger partial charge in [-0.25, -0.2) is 4.39 Å². The molecule has 2 rings (SSSR count). The molecule has 1 aromatic rings. The predicted octanol–water partition coefficient (Wildman–Crippen LogP) is 0.858. The standard InChI is InChI=1S/C14H20FN3O2/c1-10(9-18-4-6-20-7-5-18)17-14(19)11-2-3-12(15)13(16)8-11/h2-3,8,10H,4-7,9,16H2,1H3,(H,17,19). The van der Waals surface area contributed by atoms with Gasteiger partial charge in [-0.15, -0.1) is 0 Å². The van der Waals surface area contributed by atoms with E-state index in [-0.39, 0.29) is 17.6 Å². The lowest BCUT2D eigenvalue weighted by atomic mass is 10.1. The van der Waals surface area contributed by atoms with Crippen LogP contribution in [-0.4, -0.2) is 49.7 Å². The molecular formula is C14H20FN3O2. The monoisotopic (exact) mass is 281 g/mol. The number of carbonyl (C=O) groups excluding carboxylic acids is 1. The normalized spacial score (nSPS) is 17.7. The first kappa shape index (κ1) is 14.7. The van der Waals surface area contributed by atoms with Gasteiger partial charge in [0.2, 0.25) is 0 Å². The molecule has 6 heteroatoms. The summed E-state index contributed by atoms with van der Waals surface area (Å²) in [6, 6.07) is 4.00. The Morgan fingerprint density at radius 3 is 2.85 bits per heavy atom. The molecule has 1 heterocycles. The van der Waals surface area contributed by atoms with Gasteiger partial charge in [0.1, 0.15) is 5.82 Å². The number of anilines is 1. The number of rotatable bonds is 4. The second kappa shape index (κ2) is 6.67. The number of hydrogen-bond acceptors (Lipinski definition) is 4. The maximum Gasteiger partial charge on any atom is 0.251 e. The van der Waals surface area contributed by atoms with Gasteiger partial charge in [-0.05, 0) is 25.1 Å². The molecule has 0 saturated carbocycles. The van der Waals surface area contributed by atoms with Crippen LogP contribution in [0, 0.1) is 5.82 Å². The molecular weight excluding hydrogens is 261 g/mol. The minimum atomic E-state index is -0.511. The molecule has 0 aliphatic carbocycles. The van der Waals surface area contributed by atoms with E-state index >= 15 is 0 Å². The number of nitrogens with zero attached hydrogens (tertiary/aromatic N) is 1. The molecule has 0 spiro atoms. The number of morpholine rings is 1. The minimum Gasteiger partial charge on any atom is -0.396 e. The number of nitrogen functional groups attached to an aromatic ring is 1. The highest BCUT2D eigenvalue weighted by atomic mass is 19.1. The quantitative estimate of drug-likeness (QED) is 0.803. The van der Waals surface area contributed by atoms with E-state index < -0.39 is 5.82 Å². The molecule has 5 nitrogen and oxygen atoms in total. The summed E-state index contributed by atoms with van der Waals surface area (Å²) in [5, 5.41) is 2.89. The van der Waals surface area contributed by atoms with Crippen molar-refractivity contribution < 1.29 is 13.9 Å². The Labute approximate surface area is 117 Å². The fourth-order valence-corrected chi connectivity index (χ4v) is 2.21. The van der Waals surface area contributed by atoms with Crippen LogP contribution in [0.4, 0.5) is 10.1 Å². The van der Waals surface area contributed by atoms with Gasteiger partial charge in [0.15, 0.2) is 0 Å². The van der Waals surface area contributed by atoms with Gasteiger partial charge in [-0.1, -0.05) is 0 Å². The van der Waals surface area contributed by atoms with Crippen molar-refractivity contribution in [2.75, 3.05) is 38.6 Å². The van der Waals surface area contributed by atoms with Crippen molar-refractivity contribution in [2.24, 2.45) is 0 Å². The van der Waals surface area contributed by atoms with Gasteiger partial charge in [-0.3, -0.25) is 9.69 Å². The maximum absolute atomic E-state index is 13.1. The summed E-state index contributed by atoms with van der Waals surface area (Å²) in [5.74, 6) is -0.750. The lowest BCUT2D eigenvalue weighted by molar-refractivity contribution is 0.0342. The van der Waals surface area contributed by atoms with Crippen LogP contribution in [-0.2, 0) is 4.74 Å². The average molecular weight is 281 g/mol. The highest BCUT2D eigenvalue weighted by Gasteiger charge is 2.16. The zero-order valence-electron chi connectivity index (χ0n) is 11.6. The van der Waals surface area contributed by atoms with Crippen molar-refractivity contribution >= 4 is 11.6 Å². The molecule has 0 aromatic heterocycles. The molecule has 1 fully saturated rings. The van der Waals surface area contributed by atoms with Crippen LogP contribution in [0.15, 0.2) is 18.2 Å².